The molecule has 0 aliphatic heterocycles. The van der Waals surface area contributed by atoms with Gasteiger partial charge in [0.15, 0.2) is 5.96 Å². The quantitative estimate of drug-likeness (QED) is 0.500. The Labute approximate surface area is 163 Å². The molecule has 0 aliphatic carbocycles. The lowest BCUT2D eigenvalue weighted by Crippen LogP contribution is -2.36. The van der Waals surface area contributed by atoms with Gasteiger partial charge in [-0.3, -0.25) is 4.99 Å². The van der Waals surface area contributed by atoms with Crippen molar-refractivity contribution in [1.82, 2.24) is 20.8 Å². The van der Waals surface area contributed by atoms with Gasteiger partial charge in [0.2, 0.25) is 11.7 Å². The topological polar surface area (TPSA) is 75.3 Å². The van der Waals surface area contributed by atoms with E-state index in [9.17, 15) is 0 Å². The summed E-state index contributed by atoms with van der Waals surface area (Å²) in [4.78, 5) is 8.63. The number of benzene rings is 2. The Balaban J connectivity index is 1.57. The second-order valence-electron chi connectivity index (χ2n) is 5.92. The smallest absolute Gasteiger partial charge is 0.246 e. The summed E-state index contributed by atoms with van der Waals surface area (Å²) in [6.07, 6.45) is 0.998. The molecule has 7 heteroatoms. The van der Waals surface area contributed by atoms with Crippen molar-refractivity contribution in [3.8, 4) is 11.4 Å². The molecule has 0 unspecified atom stereocenters. The van der Waals surface area contributed by atoms with Crippen molar-refractivity contribution in [2.75, 3.05) is 7.05 Å². The SMILES string of the molecule is CCc1ccccc1CNC(=NC)NCc1nc(-c2cccc(Cl)c2)no1. The van der Waals surface area contributed by atoms with E-state index in [0.29, 0.717) is 35.8 Å². The van der Waals surface area contributed by atoms with E-state index in [1.54, 1.807) is 19.2 Å². The Morgan fingerprint density at radius 2 is 1.85 bits per heavy atom. The van der Waals surface area contributed by atoms with Gasteiger partial charge >= 0.3 is 0 Å². The van der Waals surface area contributed by atoms with E-state index in [1.165, 1.54) is 11.1 Å². The third-order valence-electron chi connectivity index (χ3n) is 4.13. The van der Waals surface area contributed by atoms with E-state index >= 15 is 0 Å². The van der Waals surface area contributed by atoms with Crippen molar-refractivity contribution in [3.05, 3.63) is 70.6 Å². The first kappa shape index (κ1) is 18.9. The highest BCUT2D eigenvalue weighted by Gasteiger charge is 2.10. The average Bonchev–Trinajstić information content (AvgIpc) is 3.17. The lowest BCUT2D eigenvalue weighted by atomic mass is 10.1. The number of halogens is 1. The van der Waals surface area contributed by atoms with E-state index in [0.717, 1.165) is 12.0 Å². The average molecular weight is 384 g/mol. The molecule has 2 aromatic carbocycles. The summed E-state index contributed by atoms with van der Waals surface area (Å²) in [7, 11) is 1.73. The lowest BCUT2D eigenvalue weighted by molar-refractivity contribution is 0.375. The molecule has 3 aromatic rings. The second-order valence-corrected chi connectivity index (χ2v) is 6.36. The first-order valence-electron chi connectivity index (χ1n) is 8.79. The Morgan fingerprint density at radius 3 is 2.59 bits per heavy atom. The minimum Gasteiger partial charge on any atom is -0.352 e. The molecule has 0 fully saturated rings. The molecule has 2 N–H and O–H groups in total. The van der Waals surface area contributed by atoms with Gasteiger partial charge in [0, 0.05) is 24.2 Å². The highest BCUT2D eigenvalue weighted by Crippen LogP contribution is 2.19. The predicted octanol–water partition coefficient (Wildman–Crippen LogP) is 3.82. The monoisotopic (exact) mass is 383 g/mol. The van der Waals surface area contributed by atoms with Crippen LogP contribution in [0.3, 0.4) is 0 Å². The summed E-state index contributed by atoms with van der Waals surface area (Å²) >= 11 is 6.01. The van der Waals surface area contributed by atoms with Crippen LogP contribution in [0.1, 0.15) is 23.9 Å². The van der Waals surface area contributed by atoms with Crippen molar-refractivity contribution in [1.29, 1.82) is 0 Å². The van der Waals surface area contributed by atoms with Crippen molar-refractivity contribution in [2.24, 2.45) is 4.99 Å². The second kappa shape index (κ2) is 9.19. The Morgan fingerprint density at radius 1 is 1.07 bits per heavy atom. The summed E-state index contributed by atoms with van der Waals surface area (Å²) in [5, 5.41) is 11.1. The molecule has 140 valence electrons. The molecule has 0 aliphatic rings. The molecule has 0 saturated carbocycles. The molecule has 0 radical (unpaired) electrons. The number of hydrogen-bond acceptors (Lipinski definition) is 4. The number of aliphatic imine (C=N–C) groups is 1. The molecule has 0 saturated heterocycles. The van der Waals surface area contributed by atoms with Crippen molar-refractivity contribution < 1.29 is 4.52 Å². The third-order valence-corrected chi connectivity index (χ3v) is 4.36. The summed E-state index contributed by atoms with van der Waals surface area (Å²) in [5.41, 5.74) is 3.39. The molecule has 0 spiro atoms. The van der Waals surface area contributed by atoms with Crippen molar-refractivity contribution in [2.45, 2.75) is 26.4 Å². The van der Waals surface area contributed by atoms with Gasteiger partial charge in [0.05, 0.1) is 6.54 Å². The fraction of sp³-hybridized carbons (Fsp3) is 0.250. The molecule has 3 rings (SSSR count). The largest absolute Gasteiger partial charge is 0.352 e. The number of aryl methyl sites for hydroxylation is 1. The molecule has 1 aromatic heterocycles. The molecular weight excluding hydrogens is 362 g/mol. The van der Waals surface area contributed by atoms with Gasteiger partial charge in [-0.25, -0.2) is 0 Å². The number of guanidine groups is 1. The van der Waals surface area contributed by atoms with E-state index in [1.807, 2.05) is 18.2 Å². The highest BCUT2D eigenvalue weighted by molar-refractivity contribution is 6.30. The van der Waals surface area contributed by atoms with Crippen LogP contribution in [-0.2, 0) is 19.5 Å². The third kappa shape index (κ3) is 5.08. The zero-order valence-corrected chi connectivity index (χ0v) is 16.1. The number of hydrogen-bond donors (Lipinski definition) is 2. The van der Waals surface area contributed by atoms with Gasteiger partial charge in [-0.2, -0.15) is 4.98 Å². The minimum absolute atomic E-state index is 0.378. The van der Waals surface area contributed by atoms with E-state index < -0.39 is 0 Å². The summed E-state index contributed by atoms with van der Waals surface area (Å²) in [6.45, 7) is 3.23. The fourth-order valence-electron chi connectivity index (χ4n) is 2.71. The number of aromatic nitrogens is 2. The van der Waals surface area contributed by atoms with Gasteiger partial charge in [0.25, 0.3) is 0 Å². The minimum atomic E-state index is 0.378. The number of rotatable bonds is 6. The highest BCUT2D eigenvalue weighted by atomic mass is 35.5. The molecule has 0 bridgehead atoms. The summed E-state index contributed by atoms with van der Waals surface area (Å²) in [6, 6.07) is 15.7. The first-order chi connectivity index (χ1) is 13.2. The van der Waals surface area contributed by atoms with Gasteiger partial charge in [-0.15, -0.1) is 0 Å². The Hall–Kier alpha value is -2.86. The van der Waals surface area contributed by atoms with E-state index in [4.69, 9.17) is 16.1 Å². The van der Waals surface area contributed by atoms with E-state index in [2.05, 4.69) is 50.9 Å². The van der Waals surface area contributed by atoms with Crippen molar-refractivity contribution >= 4 is 17.6 Å². The number of nitrogens with one attached hydrogen (secondary N) is 2. The van der Waals surface area contributed by atoms with Crippen LogP contribution in [0.2, 0.25) is 5.02 Å². The van der Waals surface area contributed by atoms with Gasteiger partial charge in [-0.05, 0) is 29.7 Å². The number of nitrogens with zero attached hydrogens (tertiary/aromatic N) is 3. The maximum absolute atomic E-state index is 6.01. The van der Waals surface area contributed by atoms with Crippen LogP contribution in [0.5, 0.6) is 0 Å². The maximum Gasteiger partial charge on any atom is 0.246 e. The normalized spacial score (nSPS) is 11.4. The van der Waals surface area contributed by atoms with E-state index in [-0.39, 0.29) is 0 Å². The molecule has 0 amide bonds. The van der Waals surface area contributed by atoms with Crippen LogP contribution >= 0.6 is 11.6 Å². The van der Waals surface area contributed by atoms with Crippen LogP contribution in [0.4, 0.5) is 0 Å². The van der Waals surface area contributed by atoms with Gasteiger partial charge < -0.3 is 15.2 Å². The van der Waals surface area contributed by atoms with Crippen LogP contribution in [0.15, 0.2) is 58.0 Å². The molecule has 1 heterocycles. The zero-order valence-electron chi connectivity index (χ0n) is 15.4. The maximum atomic E-state index is 6.01. The van der Waals surface area contributed by atoms with Crippen LogP contribution in [0, 0.1) is 0 Å². The Kier molecular flexibility index (Phi) is 6.44. The predicted molar refractivity (Wildman–Crippen MR) is 108 cm³/mol. The zero-order chi connectivity index (χ0) is 19.1. The first-order valence-corrected chi connectivity index (χ1v) is 9.17. The molecule has 0 atom stereocenters. The molecular formula is C20H22ClN5O. The molecule has 27 heavy (non-hydrogen) atoms. The standard InChI is InChI=1S/C20H22ClN5O/c1-3-14-7-4-5-8-16(14)12-23-20(22-2)24-13-18-25-19(26-27-18)15-9-6-10-17(21)11-15/h4-11H,3,12-13H2,1-2H3,(H2,22,23,24). The summed E-state index contributed by atoms with van der Waals surface area (Å²) < 4.78 is 5.30. The van der Waals surface area contributed by atoms with Gasteiger partial charge in [-0.1, -0.05) is 60.1 Å². The lowest BCUT2D eigenvalue weighted by Gasteiger charge is -2.12. The van der Waals surface area contributed by atoms with Crippen LogP contribution in [-0.4, -0.2) is 23.1 Å². The van der Waals surface area contributed by atoms with Crippen molar-refractivity contribution in [3.63, 3.8) is 0 Å². The fourth-order valence-corrected chi connectivity index (χ4v) is 2.90. The molecule has 6 nitrogen and oxygen atoms in total. The van der Waals surface area contributed by atoms with Crippen LogP contribution < -0.4 is 10.6 Å². The van der Waals surface area contributed by atoms with Gasteiger partial charge in [0.1, 0.15) is 0 Å². The Bertz CT molecular complexity index is 922. The van der Waals surface area contributed by atoms with Crippen LogP contribution in [0.25, 0.3) is 11.4 Å². The summed E-state index contributed by atoms with van der Waals surface area (Å²) in [5.74, 6) is 1.65.